The van der Waals surface area contributed by atoms with Gasteiger partial charge in [-0.25, -0.2) is 0 Å². The van der Waals surface area contributed by atoms with Crippen LogP contribution in [0.3, 0.4) is 0 Å². The highest BCUT2D eigenvalue weighted by atomic mass is 32.2. The summed E-state index contributed by atoms with van der Waals surface area (Å²) in [5.74, 6) is 1.66. The first kappa shape index (κ1) is 18.2. The Morgan fingerprint density at radius 2 is 1.37 bits per heavy atom. The number of carbonyl (C=O) groups is 1. The summed E-state index contributed by atoms with van der Waals surface area (Å²) >= 11 is 3.43. The van der Waals surface area contributed by atoms with Gasteiger partial charge in [0.05, 0.1) is 0 Å². The molecule has 0 bridgehead atoms. The van der Waals surface area contributed by atoms with Gasteiger partial charge < -0.3 is 5.32 Å². The summed E-state index contributed by atoms with van der Waals surface area (Å²) in [6, 6.07) is 26.9. The van der Waals surface area contributed by atoms with E-state index in [2.05, 4.69) is 48.6 Å². The van der Waals surface area contributed by atoms with E-state index in [0.717, 1.165) is 22.8 Å². The molecule has 1 aliphatic heterocycles. The van der Waals surface area contributed by atoms with Crippen molar-refractivity contribution in [2.24, 2.45) is 0 Å². The zero-order chi connectivity index (χ0) is 18.7. The van der Waals surface area contributed by atoms with Crippen LogP contribution in [0.25, 0.3) is 0 Å². The Labute approximate surface area is 168 Å². The van der Waals surface area contributed by atoms with Gasteiger partial charge >= 0.3 is 0 Å². The maximum Gasteiger partial charge on any atom is 0.255 e. The van der Waals surface area contributed by atoms with Gasteiger partial charge in [0.15, 0.2) is 4.08 Å². The number of hydrogen-bond donors (Lipinski definition) is 1. The second-order valence-corrected chi connectivity index (χ2v) is 9.31. The van der Waals surface area contributed by atoms with Gasteiger partial charge in [-0.15, -0.1) is 23.5 Å². The van der Waals surface area contributed by atoms with E-state index >= 15 is 0 Å². The second kappa shape index (κ2) is 7.83. The number of rotatable bonds is 6. The number of amides is 1. The van der Waals surface area contributed by atoms with Crippen molar-refractivity contribution in [2.45, 2.75) is 22.5 Å². The summed E-state index contributed by atoms with van der Waals surface area (Å²) < 4.78 is -0.632. The summed E-state index contributed by atoms with van der Waals surface area (Å²) in [6.45, 7) is 2.08. The molecule has 4 rings (SSSR count). The first-order valence-electron chi connectivity index (χ1n) is 8.96. The molecule has 0 saturated carbocycles. The zero-order valence-electron chi connectivity index (χ0n) is 15.1. The predicted octanol–water partition coefficient (Wildman–Crippen LogP) is 5.97. The Morgan fingerprint density at radius 1 is 0.815 bits per heavy atom. The van der Waals surface area contributed by atoms with Gasteiger partial charge in [-0.05, 0) is 24.1 Å². The van der Waals surface area contributed by atoms with Crippen LogP contribution in [0.15, 0.2) is 78.9 Å². The number of thioether (sulfide) groups is 2. The minimum atomic E-state index is -0.632. The SMILES string of the molecule is Cc1ccc2c(c1)C(SCc1ccccc1)(SCc1ccccc1)C(=O)N2. The van der Waals surface area contributed by atoms with Gasteiger partial charge in [-0.3, -0.25) is 4.79 Å². The number of carbonyl (C=O) groups excluding carboxylic acids is 1. The molecule has 0 atom stereocenters. The number of nitrogens with one attached hydrogen (secondary N) is 1. The van der Waals surface area contributed by atoms with Crippen LogP contribution in [0.2, 0.25) is 0 Å². The summed E-state index contributed by atoms with van der Waals surface area (Å²) in [5.41, 5.74) is 5.67. The third kappa shape index (κ3) is 3.78. The molecule has 1 heterocycles. The van der Waals surface area contributed by atoms with Crippen LogP contribution in [-0.4, -0.2) is 5.91 Å². The van der Waals surface area contributed by atoms with E-state index in [9.17, 15) is 4.79 Å². The molecular formula is C23H21NOS2. The van der Waals surface area contributed by atoms with Crippen molar-refractivity contribution >= 4 is 35.1 Å². The van der Waals surface area contributed by atoms with E-state index in [1.165, 1.54) is 16.7 Å². The lowest BCUT2D eigenvalue weighted by atomic mass is 10.1. The van der Waals surface area contributed by atoms with Gasteiger partial charge in [0, 0.05) is 22.8 Å². The molecule has 1 N–H and O–H groups in total. The predicted molar refractivity (Wildman–Crippen MR) is 117 cm³/mol. The fourth-order valence-corrected chi connectivity index (χ4v) is 6.04. The normalized spacial score (nSPS) is 14.6. The lowest BCUT2D eigenvalue weighted by Gasteiger charge is -2.27. The number of hydrogen-bond acceptors (Lipinski definition) is 3. The fourth-order valence-electron chi connectivity index (χ4n) is 3.21. The van der Waals surface area contributed by atoms with E-state index in [0.29, 0.717) is 0 Å². The summed E-state index contributed by atoms with van der Waals surface area (Å²) in [6.07, 6.45) is 0. The summed E-state index contributed by atoms with van der Waals surface area (Å²) in [4.78, 5) is 13.2. The molecule has 0 aliphatic carbocycles. The van der Waals surface area contributed by atoms with Crippen LogP contribution in [0.1, 0.15) is 22.3 Å². The van der Waals surface area contributed by atoms with E-state index < -0.39 is 4.08 Å². The van der Waals surface area contributed by atoms with Crippen LogP contribution in [0.5, 0.6) is 0 Å². The molecule has 27 heavy (non-hydrogen) atoms. The lowest BCUT2D eigenvalue weighted by molar-refractivity contribution is -0.116. The Hall–Kier alpha value is -2.17. The van der Waals surface area contributed by atoms with Crippen molar-refractivity contribution in [1.29, 1.82) is 0 Å². The Bertz CT molecular complexity index is 898. The minimum absolute atomic E-state index is 0.0740. The third-order valence-electron chi connectivity index (χ3n) is 4.65. The molecule has 0 fully saturated rings. The first-order chi connectivity index (χ1) is 13.2. The van der Waals surface area contributed by atoms with Gasteiger partial charge in [-0.1, -0.05) is 78.4 Å². The maximum atomic E-state index is 13.2. The number of fused-ring (bicyclic) bond motifs is 1. The number of benzene rings is 3. The number of anilines is 1. The van der Waals surface area contributed by atoms with Crippen molar-refractivity contribution in [1.82, 2.24) is 0 Å². The van der Waals surface area contributed by atoms with Gasteiger partial charge in [0.2, 0.25) is 0 Å². The second-order valence-electron chi connectivity index (χ2n) is 6.67. The van der Waals surface area contributed by atoms with Crippen molar-refractivity contribution in [3.8, 4) is 0 Å². The van der Waals surface area contributed by atoms with E-state index in [1.54, 1.807) is 23.5 Å². The molecule has 2 nitrogen and oxygen atoms in total. The van der Waals surface area contributed by atoms with Gasteiger partial charge in [0.1, 0.15) is 0 Å². The lowest BCUT2D eigenvalue weighted by Crippen LogP contribution is -2.28. The van der Waals surface area contributed by atoms with Gasteiger partial charge in [0.25, 0.3) is 5.91 Å². The highest BCUT2D eigenvalue weighted by molar-refractivity contribution is 8.18. The molecule has 0 aromatic heterocycles. The highest BCUT2D eigenvalue weighted by Gasteiger charge is 2.48. The molecule has 0 unspecified atom stereocenters. The van der Waals surface area contributed by atoms with E-state index in [1.807, 2.05) is 42.5 Å². The Morgan fingerprint density at radius 3 is 1.93 bits per heavy atom. The Kier molecular flexibility index (Phi) is 5.28. The van der Waals surface area contributed by atoms with Crippen molar-refractivity contribution in [2.75, 3.05) is 5.32 Å². The molecule has 136 valence electrons. The van der Waals surface area contributed by atoms with Crippen molar-refractivity contribution in [3.05, 3.63) is 101 Å². The molecule has 1 aliphatic rings. The van der Waals surface area contributed by atoms with Crippen LogP contribution in [0, 0.1) is 6.92 Å². The highest BCUT2D eigenvalue weighted by Crippen LogP contribution is 2.55. The van der Waals surface area contributed by atoms with E-state index in [4.69, 9.17) is 0 Å². The van der Waals surface area contributed by atoms with Crippen LogP contribution in [0.4, 0.5) is 5.69 Å². The van der Waals surface area contributed by atoms with Crippen molar-refractivity contribution in [3.63, 3.8) is 0 Å². The average molecular weight is 392 g/mol. The zero-order valence-corrected chi connectivity index (χ0v) is 16.8. The fraction of sp³-hybridized carbons (Fsp3) is 0.174. The molecular weight excluding hydrogens is 370 g/mol. The largest absolute Gasteiger partial charge is 0.323 e. The van der Waals surface area contributed by atoms with Crippen LogP contribution < -0.4 is 5.32 Å². The molecule has 0 radical (unpaired) electrons. The molecule has 4 heteroatoms. The molecule has 3 aromatic rings. The summed E-state index contributed by atoms with van der Waals surface area (Å²) in [7, 11) is 0. The summed E-state index contributed by atoms with van der Waals surface area (Å²) in [5, 5.41) is 3.11. The smallest absolute Gasteiger partial charge is 0.255 e. The van der Waals surface area contributed by atoms with Crippen LogP contribution >= 0.6 is 23.5 Å². The molecule has 1 amide bonds. The molecule has 0 spiro atoms. The van der Waals surface area contributed by atoms with Crippen molar-refractivity contribution < 1.29 is 4.79 Å². The first-order valence-corrected chi connectivity index (χ1v) is 10.9. The van der Waals surface area contributed by atoms with Gasteiger partial charge in [-0.2, -0.15) is 0 Å². The number of aryl methyl sites for hydroxylation is 1. The standard InChI is InChI=1S/C23H21NOS2/c1-17-12-13-21-20(14-17)23(22(25)24-21,26-15-18-8-4-2-5-9-18)27-16-19-10-6-3-7-11-19/h2-14H,15-16H2,1H3,(H,24,25). The third-order valence-corrected chi connectivity index (χ3v) is 7.93. The van der Waals surface area contributed by atoms with E-state index in [-0.39, 0.29) is 5.91 Å². The minimum Gasteiger partial charge on any atom is -0.323 e. The molecule has 3 aromatic carbocycles. The maximum absolute atomic E-state index is 13.2. The molecule has 0 saturated heterocycles. The average Bonchev–Trinajstić information content (AvgIpc) is 2.98. The Balaban J connectivity index is 1.67. The topological polar surface area (TPSA) is 29.1 Å². The monoisotopic (exact) mass is 391 g/mol. The van der Waals surface area contributed by atoms with Crippen LogP contribution in [-0.2, 0) is 20.4 Å². The quantitative estimate of drug-likeness (QED) is 0.525.